The van der Waals surface area contributed by atoms with Gasteiger partial charge in [-0.1, -0.05) is 15.9 Å². The molecule has 0 bridgehead atoms. The van der Waals surface area contributed by atoms with Crippen LogP contribution in [0.3, 0.4) is 0 Å². The molecule has 0 aliphatic carbocycles. The molecule has 0 aromatic heterocycles. The lowest BCUT2D eigenvalue weighted by atomic mass is 10.2. The Labute approximate surface area is 131 Å². The van der Waals surface area contributed by atoms with E-state index in [9.17, 15) is 14.7 Å². The number of hydrogen-bond acceptors (Lipinski definition) is 4. The molecule has 0 spiro atoms. The summed E-state index contributed by atoms with van der Waals surface area (Å²) in [6.45, 7) is 2.86. The van der Waals surface area contributed by atoms with Crippen LogP contribution in [-0.2, 0) is 4.79 Å². The Morgan fingerprint density at radius 2 is 2.05 bits per heavy atom. The molecule has 0 atom stereocenters. The highest BCUT2D eigenvalue weighted by atomic mass is 79.9. The van der Waals surface area contributed by atoms with E-state index in [1.54, 1.807) is 24.1 Å². The van der Waals surface area contributed by atoms with Crippen molar-refractivity contribution in [1.29, 1.82) is 0 Å². The molecule has 1 aliphatic rings. The Morgan fingerprint density at radius 1 is 1.38 bits per heavy atom. The molecular formula is C14H18BrN3O3. The van der Waals surface area contributed by atoms with Gasteiger partial charge in [0, 0.05) is 37.7 Å². The lowest BCUT2D eigenvalue weighted by Crippen LogP contribution is -2.49. The van der Waals surface area contributed by atoms with E-state index in [0.717, 1.165) is 13.1 Å². The fourth-order valence-electron chi connectivity index (χ4n) is 2.17. The van der Waals surface area contributed by atoms with Crippen LogP contribution in [0.2, 0.25) is 0 Å². The Morgan fingerprint density at radius 3 is 2.71 bits per heavy atom. The standard InChI is InChI=1S/C14H18BrN3O3/c1-17(9-13(20)18-6-4-16-5-7-18)14(21)11-8-10(15)2-3-12(11)19/h2-3,8,16,19H,4-7,9H2,1H3. The van der Waals surface area contributed by atoms with Crippen molar-refractivity contribution in [3.8, 4) is 5.75 Å². The minimum atomic E-state index is -0.378. The van der Waals surface area contributed by atoms with E-state index < -0.39 is 0 Å². The SMILES string of the molecule is CN(CC(=O)N1CCNCC1)C(=O)c1cc(Br)ccc1O. The number of nitrogens with one attached hydrogen (secondary N) is 1. The van der Waals surface area contributed by atoms with Gasteiger partial charge in [-0.25, -0.2) is 0 Å². The van der Waals surface area contributed by atoms with E-state index in [4.69, 9.17) is 0 Å². The summed E-state index contributed by atoms with van der Waals surface area (Å²) in [4.78, 5) is 27.5. The van der Waals surface area contributed by atoms with Gasteiger partial charge in [0.1, 0.15) is 5.75 Å². The third kappa shape index (κ3) is 3.95. The van der Waals surface area contributed by atoms with Crippen LogP contribution in [0.5, 0.6) is 5.75 Å². The summed E-state index contributed by atoms with van der Waals surface area (Å²) in [6, 6.07) is 4.64. The van der Waals surface area contributed by atoms with Crippen molar-refractivity contribution in [3.63, 3.8) is 0 Å². The van der Waals surface area contributed by atoms with E-state index in [1.807, 2.05) is 0 Å². The van der Waals surface area contributed by atoms with Crippen LogP contribution in [0.25, 0.3) is 0 Å². The maximum atomic E-state index is 12.3. The monoisotopic (exact) mass is 355 g/mol. The van der Waals surface area contributed by atoms with Crippen molar-refractivity contribution in [2.24, 2.45) is 0 Å². The molecule has 2 N–H and O–H groups in total. The molecule has 1 aromatic carbocycles. The molecule has 1 aliphatic heterocycles. The number of phenols is 1. The topological polar surface area (TPSA) is 72.9 Å². The van der Waals surface area contributed by atoms with Crippen molar-refractivity contribution in [2.45, 2.75) is 0 Å². The first-order chi connectivity index (χ1) is 9.99. The molecule has 1 saturated heterocycles. The van der Waals surface area contributed by atoms with Crippen molar-refractivity contribution in [1.82, 2.24) is 15.1 Å². The largest absolute Gasteiger partial charge is 0.507 e. The lowest BCUT2D eigenvalue weighted by molar-refractivity contribution is -0.132. The zero-order chi connectivity index (χ0) is 15.4. The third-order valence-corrected chi connectivity index (χ3v) is 3.87. The Hall–Kier alpha value is -1.60. The van der Waals surface area contributed by atoms with Crippen molar-refractivity contribution < 1.29 is 14.7 Å². The number of rotatable bonds is 3. The number of carbonyl (C=O) groups is 2. The van der Waals surface area contributed by atoms with Gasteiger partial charge in [0.05, 0.1) is 12.1 Å². The Balaban J connectivity index is 2.02. The van der Waals surface area contributed by atoms with Crippen LogP contribution in [0, 0.1) is 0 Å². The number of nitrogens with zero attached hydrogens (tertiary/aromatic N) is 2. The second kappa shape index (κ2) is 6.91. The first kappa shape index (κ1) is 15.8. The highest BCUT2D eigenvalue weighted by molar-refractivity contribution is 9.10. The molecule has 1 aromatic rings. The van der Waals surface area contributed by atoms with E-state index in [2.05, 4.69) is 21.2 Å². The van der Waals surface area contributed by atoms with Crippen molar-refractivity contribution in [2.75, 3.05) is 39.8 Å². The number of aromatic hydroxyl groups is 1. The fourth-order valence-corrected chi connectivity index (χ4v) is 2.54. The molecule has 1 fully saturated rings. The summed E-state index contributed by atoms with van der Waals surface area (Å²) in [5.41, 5.74) is 0.181. The van der Waals surface area contributed by atoms with Crippen LogP contribution in [-0.4, -0.2) is 66.5 Å². The van der Waals surface area contributed by atoms with Gasteiger partial charge in [-0.15, -0.1) is 0 Å². The molecule has 0 saturated carbocycles. The maximum absolute atomic E-state index is 12.3. The number of piperazine rings is 1. The molecule has 7 heteroatoms. The fraction of sp³-hybridized carbons (Fsp3) is 0.429. The molecule has 114 valence electrons. The van der Waals surface area contributed by atoms with Gasteiger partial charge in [-0.3, -0.25) is 9.59 Å². The quantitative estimate of drug-likeness (QED) is 0.835. The summed E-state index contributed by atoms with van der Waals surface area (Å²) in [5, 5.41) is 12.9. The van der Waals surface area contributed by atoms with Crippen LogP contribution >= 0.6 is 15.9 Å². The summed E-state index contributed by atoms with van der Waals surface area (Å²) in [6.07, 6.45) is 0. The number of likely N-dealkylation sites (N-methyl/N-ethyl adjacent to an activating group) is 1. The molecule has 21 heavy (non-hydrogen) atoms. The summed E-state index contributed by atoms with van der Waals surface area (Å²) < 4.78 is 0.700. The van der Waals surface area contributed by atoms with Gasteiger partial charge in [0.25, 0.3) is 5.91 Å². The zero-order valence-corrected chi connectivity index (χ0v) is 13.4. The van der Waals surface area contributed by atoms with Crippen LogP contribution in [0.15, 0.2) is 22.7 Å². The van der Waals surface area contributed by atoms with Gasteiger partial charge in [-0.05, 0) is 18.2 Å². The predicted octanol–water partition coefficient (Wildman–Crippen LogP) is 0.659. The summed E-state index contributed by atoms with van der Waals surface area (Å²) in [5.74, 6) is -0.552. The number of amides is 2. The predicted molar refractivity (Wildman–Crippen MR) is 82.2 cm³/mol. The van der Waals surface area contributed by atoms with Gasteiger partial charge >= 0.3 is 0 Å². The number of benzene rings is 1. The minimum Gasteiger partial charge on any atom is -0.507 e. The first-order valence-electron chi connectivity index (χ1n) is 6.71. The van der Waals surface area contributed by atoms with Gasteiger partial charge in [-0.2, -0.15) is 0 Å². The third-order valence-electron chi connectivity index (χ3n) is 3.38. The second-order valence-corrected chi connectivity index (χ2v) is 5.87. The van der Waals surface area contributed by atoms with Gasteiger partial charge < -0.3 is 20.2 Å². The zero-order valence-electron chi connectivity index (χ0n) is 11.8. The van der Waals surface area contributed by atoms with Gasteiger partial charge in [0.2, 0.25) is 5.91 Å². The molecule has 2 rings (SSSR count). The average molecular weight is 356 g/mol. The number of carbonyl (C=O) groups excluding carboxylic acids is 2. The molecule has 6 nitrogen and oxygen atoms in total. The van der Waals surface area contributed by atoms with Crippen molar-refractivity contribution >= 4 is 27.7 Å². The first-order valence-corrected chi connectivity index (χ1v) is 7.51. The second-order valence-electron chi connectivity index (χ2n) is 4.95. The Kier molecular flexibility index (Phi) is 5.19. The lowest BCUT2D eigenvalue weighted by Gasteiger charge is -2.29. The van der Waals surface area contributed by atoms with E-state index in [1.165, 1.54) is 11.0 Å². The number of halogens is 1. The summed E-state index contributed by atoms with van der Waals surface area (Å²) >= 11 is 3.26. The highest BCUT2D eigenvalue weighted by Gasteiger charge is 2.22. The van der Waals surface area contributed by atoms with Gasteiger partial charge in [0.15, 0.2) is 0 Å². The van der Waals surface area contributed by atoms with Crippen LogP contribution in [0.1, 0.15) is 10.4 Å². The van der Waals surface area contributed by atoms with Crippen LogP contribution < -0.4 is 5.32 Å². The maximum Gasteiger partial charge on any atom is 0.257 e. The van der Waals surface area contributed by atoms with Crippen LogP contribution in [0.4, 0.5) is 0 Å². The smallest absolute Gasteiger partial charge is 0.257 e. The summed E-state index contributed by atoms with van der Waals surface area (Å²) in [7, 11) is 1.56. The molecule has 2 amide bonds. The van der Waals surface area contributed by atoms with E-state index in [0.29, 0.717) is 17.6 Å². The molecule has 0 unspecified atom stereocenters. The molecule has 1 heterocycles. The number of hydrogen-bond donors (Lipinski definition) is 2. The van der Waals surface area contributed by atoms with Crippen molar-refractivity contribution in [3.05, 3.63) is 28.2 Å². The Bertz CT molecular complexity index is 544. The minimum absolute atomic E-state index is 0.00475. The normalized spacial score (nSPS) is 14.9. The highest BCUT2D eigenvalue weighted by Crippen LogP contribution is 2.23. The number of phenolic OH excluding ortho intramolecular Hbond substituents is 1. The molecule has 0 radical (unpaired) electrons. The van der Waals surface area contributed by atoms with E-state index >= 15 is 0 Å². The average Bonchev–Trinajstić information content (AvgIpc) is 2.49. The van der Waals surface area contributed by atoms with E-state index in [-0.39, 0.29) is 29.7 Å². The molecular weight excluding hydrogens is 338 g/mol.